The van der Waals surface area contributed by atoms with Crippen molar-refractivity contribution in [3.8, 4) is 11.3 Å². The molecule has 0 atom stereocenters. The molecule has 15 heavy (non-hydrogen) atoms. The molecule has 3 nitrogen and oxygen atoms in total. The van der Waals surface area contributed by atoms with Gasteiger partial charge in [0.25, 0.3) is 0 Å². The summed E-state index contributed by atoms with van der Waals surface area (Å²) in [6.45, 7) is 0. The van der Waals surface area contributed by atoms with Crippen molar-refractivity contribution < 1.29 is 4.42 Å². The average molecular weight is 197 g/mol. The van der Waals surface area contributed by atoms with Crippen LogP contribution in [0.3, 0.4) is 0 Å². The van der Waals surface area contributed by atoms with Gasteiger partial charge in [0.1, 0.15) is 11.3 Å². The molecule has 0 bridgehead atoms. The third kappa shape index (κ3) is 1.29. The van der Waals surface area contributed by atoms with Crippen molar-refractivity contribution in [2.75, 3.05) is 0 Å². The average Bonchev–Trinajstić information content (AvgIpc) is 2.26. The van der Waals surface area contributed by atoms with Crippen LogP contribution in [0.25, 0.3) is 22.4 Å². The van der Waals surface area contributed by atoms with Crippen molar-refractivity contribution >= 4 is 11.1 Å². The number of rotatable bonds is 0. The summed E-state index contributed by atoms with van der Waals surface area (Å²) in [5.74, 6) is 0.600. The summed E-state index contributed by atoms with van der Waals surface area (Å²) in [4.78, 5) is 15.3. The smallest absolute Gasteiger partial charge is 0.182 e. The molecule has 0 N–H and O–H groups in total. The first-order chi connectivity index (χ1) is 7.33. The second-order valence-electron chi connectivity index (χ2n) is 3.33. The lowest BCUT2D eigenvalue weighted by Crippen LogP contribution is -1.97. The highest BCUT2D eigenvalue weighted by Crippen LogP contribution is 2.24. The zero-order chi connectivity index (χ0) is 10.3. The Morgan fingerprint density at radius 3 is 3.00 bits per heavy atom. The number of aromatic nitrogens is 1. The summed E-state index contributed by atoms with van der Waals surface area (Å²) in [6, 6.07) is 10.3. The summed E-state index contributed by atoms with van der Waals surface area (Å²) in [7, 11) is 0. The van der Waals surface area contributed by atoms with Crippen molar-refractivity contribution in [2.24, 2.45) is 0 Å². The second kappa shape index (κ2) is 2.92. The zero-order valence-corrected chi connectivity index (χ0v) is 7.81. The van der Waals surface area contributed by atoms with E-state index in [4.69, 9.17) is 4.42 Å². The molecule has 1 aliphatic heterocycles. The Bertz CT molecular complexity index is 657. The quantitative estimate of drug-likeness (QED) is 0.519. The van der Waals surface area contributed by atoms with E-state index in [0.717, 1.165) is 11.1 Å². The van der Waals surface area contributed by atoms with E-state index in [0.29, 0.717) is 11.3 Å². The van der Waals surface area contributed by atoms with Crippen LogP contribution in [-0.2, 0) is 0 Å². The molecule has 0 amide bonds. The summed E-state index contributed by atoms with van der Waals surface area (Å²) in [5, 5.41) is 0. The van der Waals surface area contributed by atoms with Crippen molar-refractivity contribution in [1.29, 1.82) is 0 Å². The molecular formula is C12H7NO2. The summed E-state index contributed by atoms with van der Waals surface area (Å²) >= 11 is 0. The van der Waals surface area contributed by atoms with E-state index in [1.807, 2.05) is 12.1 Å². The molecule has 3 heteroatoms. The van der Waals surface area contributed by atoms with Gasteiger partial charge in [0, 0.05) is 17.8 Å². The highest BCUT2D eigenvalue weighted by Gasteiger charge is 2.06. The Hall–Kier alpha value is -2.16. The number of hydrogen-bond acceptors (Lipinski definition) is 3. The molecule has 0 saturated carbocycles. The normalized spacial score (nSPS) is 10.9. The Morgan fingerprint density at radius 2 is 2.07 bits per heavy atom. The van der Waals surface area contributed by atoms with E-state index in [1.54, 1.807) is 18.3 Å². The van der Waals surface area contributed by atoms with Gasteiger partial charge >= 0.3 is 0 Å². The van der Waals surface area contributed by atoms with E-state index in [9.17, 15) is 4.79 Å². The maximum atomic E-state index is 11.1. The van der Waals surface area contributed by atoms with E-state index >= 15 is 0 Å². The van der Waals surface area contributed by atoms with E-state index in [2.05, 4.69) is 4.98 Å². The van der Waals surface area contributed by atoms with Crippen LogP contribution in [0.15, 0.2) is 51.8 Å². The Balaban J connectivity index is 2.49. The van der Waals surface area contributed by atoms with Gasteiger partial charge in [0.15, 0.2) is 11.0 Å². The molecule has 1 aromatic rings. The molecule has 0 unspecified atom stereocenters. The molecule has 0 aromatic carbocycles. The van der Waals surface area contributed by atoms with Crippen LogP contribution in [0.5, 0.6) is 0 Å². The Morgan fingerprint density at radius 1 is 1.13 bits per heavy atom. The van der Waals surface area contributed by atoms with E-state index < -0.39 is 0 Å². The predicted molar refractivity (Wildman–Crippen MR) is 56.9 cm³/mol. The molecule has 72 valence electrons. The van der Waals surface area contributed by atoms with Gasteiger partial charge in [-0.05, 0) is 30.3 Å². The molecule has 0 saturated heterocycles. The lowest BCUT2D eigenvalue weighted by atomic mass is 10.1. The van der Waals surface area contributed by atoms with Gasteiger partial charge in [-0.3, -0.25) is 9.78 Å². The van der Waals surface area contributed by atoms with Crippen LogP contribution >= 0.6 is 0 Å². The molecule has 0 fully saturated rings. The largest absolute Gasteiger partial charge is 0.454 e. The fourth-order valence-corrected chi connectivity index (χ4v) is 1.59. The van der Waals surface area contributed by atoms with Gasteiger partial charge in [-0.1, -0.05) is 0 Å². The van der Waals surface area contributed by atoms with Crippen molar-refractivity contribution in [1.82, 2.24) is 4.98 Å². The molecule has 1 aliphatic carbocycles. The minimum atomic E-state index is -0.0468. The monoisotopic (exact) mass is 197 g/mol. The predicted octanol–water partition coefficient (Wildman–Crippen LogP) is 2.29. The number of fused-ring (bicyclic) bond motifs is 2. The van der Waals surface area contributed by atoms with Gasteiger partial charge in [-0.2, -0.15) is 0 Å². The molecule has 0 spiro atoms. The summed E-state index contributed by atoms with van der Waals surface area (Å²) in [5.41, 5.74) is 2.33. The van der Waals surface area contributed by atoms with Crippen LogP contribution in [0.1, 0.15) is 0 Å². The maximum absolute atomic E-state index is 11.1. The third-order valence-corrected chi connectivity index (χ3v) is 2.30. The van der Waals surface area contributed by atoms with Crippen LogP contribution in [-0.4, -0.2) is 4.98 Å². The van der Waals surface area contributed by atoms with Crippen molar-refractivity contribution in [2.45, 2.75) is 0 Å². The fraction of sp³-hybridized carbons (Fsp3) is 0. The SMILES string of the molecule is O=c1ccc2cc3ncccc3oc-2c1. The molecular weight excluding hydrogens is 190 g/mol. The number of benzene rings is 1. The summed E-state index contributed by atoms with van der Waals surface area (Å²) < 4.78 is 5.56. The first kappa shape index (κ1) is 8.17. The lowest BCUT2D eigenvalue weighted by molar-refractivity contribution is 0.617. The van der Waals surface area contributed by atoms with Crippen LogP contribution in [0, 0.1) is 0 Å². The van der Waals surface area contributed by atoms with Gasteiger partial charge in [-0.25, -0.2) is 0 Å². The molecule has 1 aromatic heterocycles. The Labute approximate surface area is 85.3 Å². The highest BCUT2D eigenvalue weighted by atomic mass is 16.3. The zero-order valence-electron chi connectivity index (χ0n) is 7.81. The topological polar surface area (TPSA) is 43.1 Å². The highest BCUT2D eigenvalue weighted by molar-refractivity contribution is 5.78. The second-order valence-corrected chi connectivity index (χ2v) is 3.33. The van der Waals surface area contributed by atoms with E-state index in [-0.39, 0.29) is 5.43 Å². The first-order valence-electron chi connectivity index (χ1n) is 4.61. The van der Waals surface area contributed by atoms with Gasteiger partial charge in [0.2, 0.25) is 0 Å². The lowest BCUT2D eigenvalue weighted by Gasteiger charge is -2.04. The fourth-order valence-electron chi connectivity index (χ4n) is 1.59. The number of hydrogen-bond donors (Lipinski definition) is 0. The van der Waals surface area contributed by atoms with E-state index in [1.165, 1.54) is 12.1 Å². The number of nitrogens with zero attached hydrogens (tertiary/aromatic N) is 1. The van der Waals surface area contributed by atoms with Crippen LogP contribution in [0.4, 0.5) is 0 Å². The first-order valence-corrected chi connectivity index (χ1v) is 4.61. The number of pyridine rings is 1. The van der Waals surface area contributed by atoms with Crippen LogP contribution < -0.4 is 5.43 Å². The van der Waals surface area contributed by atoms with Crippen LogP contribution in [0.2, 0.25) is 0 Å². The molecule has 2 heterocycles. The molecule has 3 rings (SSSR count). The van der Waals surface area contributed by atoms with Crippen molar-refractivity contribution in [3.05, 3.63) is 52.8 Å². The van der Waals surface area contributed by atoms with Crippen molar-refractivity contribution in [3.63, 3.8) is 0 Å². The maximum Gasteiger partial charge on any atom is 0.182 e. The minimum absolute atomic E-state index is 0.0468. The summed E-state index contributed by atoms with van der Waals surface area (Å²) in [6.07, 6.45) is 1.71. The molecule has 2 aliphatic rings. The minimum Gasteiger partial charge on any atom is -0.454 e. The third-order valence-electron chi connectivity index (χ3n) is 2.30. The van der Waals surface area contributed by atoms with Gasteiger partial charge in [-0.15, -0.1) is 0 Å². The van der Waals surface area contributed by atoms with Gasteiger partial charge in [0.05, 0.1) is 0 Å². The van der Waals surface area contributed by atoms with Gasteiger partial charge < -0.3 is 4.42 Å². The molecule has 0 radical (unpaired) electrons. The Kier molecular flexibility index (Phi) is 1.59. The standard InChI is InChI=1S/C12H7NO2/c14-9-4-3-8-6-10-11(2-1-5-13-10)15-12(8)7-9/h1-7H.